The molecule has 0 radical (unpaired) electrons. The van der Waals surface area contributed by atoms with Gasteiger partial charge in [0.05, 0.1) is 25.1 Å². The Morgan fingerprint density at radius 1 is 1.37 bits per heavy atom. The highest BCUT2D eigenvalue weighted by atomic mass is 16.6. The van der Waals surface area contributed by atoms with Crippen molar-refractivity contribution in [1.29, 1.82) is 0 Å². The Balaban J connectivity index is 1.43. The third-order valence-electron chi connectivity index (χ3n) is 5.29. The highest BCUT2D eigenvalue weighted by Gasteiger charge is 2.33. The number of carbonyl (C=O) groups excluding carboxylic acids is 1. The molecule has 2 aromatic rings. The first-order valence-electron chi connectivity index (χ1n) is 9.42. The summed E-state index contributed by atoms with van der Waals surface area (Å²) in [5, 5.41) is 0. The Labute approximate surface area is 158 Å². The number of hydrogen-bond donors (Lipinski definition) is 1. The standard InChI is InChI=1S/C19H25N5O3/c1-3-27-19(25)24-8-6-14(11-24)23-9-7-15-16(12-23)22-18(21-15)13-4-5-17(26-2)20-10-13/h4-5,10,14H,3,6-9,11-12H2,1-2H3,(H,21,22)/t14-/m1/s1. The molecule has 0 saturated carbocycles. The van der Waals surface area contributed by atoms with Crippen molar-refractivity contribution in [3.8, 4) is 17.3 Å². The molecule has 1 N–H and O–H groups in total. The Morgan fingerprint density at radius 2 is 2.26 bits per heavy atom. The topological polar surface area (TPSA) is 83.6 Å². The van der Waals surface area contributed by atoms with Gasteiger partial charge in [0.1, 0.15) is 5.82 Å². The zero-order valence-electron chi connectivity index (χ0n) is 15.8. The third-order valence-corrected chi connectivity index (χ3v) is 5.29. The summed E-state index contributed by atoms with van der Waals surface area (Å²) in [6.45, 7) is 5.54. The maximum absolute atomic E-state index is 11.9. The van der Waals surface area contributed by atoms with Crippen LogP contribution in [0.2, 0.25) is 0 Å². The van der Waals surface area contributed by atoms with Gasteiger partial charge < -0.3 is 19.4 Å². The summed E-state index contributed by atoms with van der Waals surface area (Å²) in [4.78, 5) is 28.7. The van der Waals surface area contributed by atoms with E-state index in [0.29, 0.717) is 18.5 Å². The number of aromatic amines is 1. The molecule has 0 spiro atoms. The number of imidazole rings is 1. The SMILES string of the molecule is CCOC(=O)N1CC[C@@H](N2CCc3nc(-c4ccc(OC)nc4)[nH]c3C2)C1. The second kappa shape index (κ2) is 7.56. The first-order chi connectivity index (χ1) is 13.2. The summed E-state index contributed by atoms with van der Waals surface area (Å²) < 4.78 is 10.2. The molecule has 0 unspecified atom stereocenters. The first kappa shape index (κ1) is 17.8. The number of hydrogen-bond acceptors (Lipinski definition) is 6. The van der Waals surface area contributed by atoms with Crippen molar-refractivity contribution in [2.24, 2.45) is 0 Å². The highest BCUT2D eigenvalue weighted by Crippen LogP contribution is 2.26. The maximum atomic E-state index is 11.9. The molecular weight excluding hydrogens is 346 g/mol. The second-order valence-corrected chi connectivity index (χ2v) is 6.91. The van der Waals surface area contributed by atoms with Crippen molar-refractivity contribution in [2.75, 3.05) is 33.4 Å². The molecule has 0 aliphatic carbocycles. The molecule has 4 rings (SSSR count). The van der Waals surface area contributed by atoms with Crippen LogP contribution in [0.5, 0.6) is 5.88 Å². The van der Waals surface area contributed by atoms with Crippen LogP contribution in [0.4, 0.5) is 4.79 Å². The number of carbonyl (C=O) groups is 1. The lowest BCUT2D eigenvalue weighted by molar-refractivity contribution is 0.109. The van der Waals surface area contributed by atoms with Gasteiger partial charge in [-0.05, 0) is 19.4 Å². The number of amides is 1. The van der Waals surface area contributed by atoms with Gasteiger partial charge in [0.2, 0.25) is 5.88 Å². The van der Waals surface area contributed by atoms with E-state index in [2.05, 4.69) is 14.9 Å². The predicted molar refractivity (Wildman–Crippen MR) is 99.5 cm³/mol. The van der Waals surface area contributed by atoms with E-state index in [9.17, 15) is 4.79 Å². The molecule has 0 bridgehead atoms. The lowest BCUT2D eigenvalue weighted by Crippen LogP contribution is -2.41. The number of pyridine rings is 1. The normalized spacial score (nSPS) is 19.8. The molecule has 2 aliphatic rings. The fraction of sp³-hybridized carbons (Fsp3) is 0.526. The average Bonchev–Trinajstić information content (AvgIpc) is 3.35. The van der Waals surface area contributed by atoms with Crippen molar-refractivity contribution in [3.05, 3.63) is 29.7 Å². The fourth-order valence-electron chi connectivity index (χ4n) is 3.82. The van der Waals surface area contributed by atoms with E-state index in [1.54, 1.807) is 13.3 Å². The van der Waals surface area contributed by atoms with E-state index in [1.165, 1.54) is 0 Å². The highest BCUT2D eigenvalue weighted by molar-refractivity contribution is 5.68. The zero-order chi connectivity index (χ0) is 18.8. The van der Waals surface area contributed by atoms with Crippen LogP contribution >= 0.6 is 0 Å². The fourth-order valence-corrected chi connectivity index (χ4v) is 3.82. The van der Waals surface area contributed by atoms with Crippen molar-refractivity contribution in [2.45, 2.75) is 32.4 Å². The van der Waals surface area contributed by atoms with Crippen LogP contribution in [0.15, 0.2) is 18.3 Å². The second-order valence-electron chi connectivity index (χ2n) is 6.91. The van der Waals surface area contributed by atoms with Gasteiger partial charge in [0.25, 0.3) is 0 Å². The van der Waals surface area contributed by atoms with E-state index in [4.69, 9.17) is 14.5 Å². The van der Waals surface area contributed by atoms with Gasteiger partial charge in [-0.15, -0.1) is 0 Å². The predicted octanol–water partition coefficient (Wildman–Crippen LogP) is 2.07. The van der Waals surface area contributed by atoms with Crippen LogP contribution in [-0.4, -0.2) is 70.2 Å². The summed E-state index contributed by atoms with van der Waals surface area (Å²) in [6.07, 6.45) is 3.46. The van der Waals surface area contributed by atoms with E-state index in [-0.39, 0.29) is 6.09 Å². The number of fused-ring (bicyclic) bond motifs is 1. The minimum atomic E-state index is -0.200. The number of methoxy groups -OCH3 is 1. The number of likely N-dealkylation sites (tertiary alicyclic amines) is 1. The summed E-state index contributed by atoms with van der Waals surface area (Å²) >= 11 is 0. The summed E-state index contributed by atoms with van der Waals surface area (Å²) in [6, 6.07) is 4.17. The van der Waals surface area contributed by atoms with E-state index < -0.39 is 0 Å². The number of rotatable bonds is 4. The zero-order valence-corrected chi connectivity index (χ0v) is 15.8. The quantitative estimate of drug-likeness (QED) is 0.886. The first-order valence-corrected chi connectivity index (χ1v) is 9.42. The minimum absolute atomic E-state index is 0.200. The molecule has 1 fully saturated rings. The molecule has 4 heterocycles. The summed E-state index contributed by atoms with van der Waals surface area (Å²) in [7, 11) is 1.61. The van der Waals surface area contributed by atoms with E-state index >= 15 is 0 Å². The maximum Gasteiger partial charge on any atom is 0.409 e. The molecule has 8 nitrogen and oxygen atoms in total. The lowest BCUT2D eigenvalue weighted by Gasteiger charge is -2.31. The van der Waals surface area contributed by atoms with Crippen molar-refractivity contribution in [3.63, 3.8) is 0 Å². The van der Waals surface area contributed by atoms with Crippen LogP contribution in [0, 0.1) is 0 Å². The molecule has 8 heteroatoms. The third kappa shape index (κ3) is 3.62. The van der Waals surface area contributed by atoms with Crippen LogP contribution in [0.3, 0.4) is 0 Å². The largest absolute Gasteiger partial charge is 0.481 e. The smallest absolute Gasteiger partial charge is 0.409 e. The molecule has 0 aromatic carbocycles. The molecule has 2 aromatic heterocycles. The van der Waals surface area contributed by atoms with E-state index in [0.717, 1.165) is 61.8 Å². The van der Waals surface area contributed by atoms with Gasteiger partial charge in [-0.2, -0.15) is 0 Å². The molecule has 1 saturated heterocycles. The van der Waals surface area contributed by atoms with Crippen LogP contribution in [-0.2, 0) is 17.7 Å². The number of nitrogens with zero attached hydrogens (tertiary/aromatic N) is 4. The molecular formula is C19H25N5O3. The van der Waals surface area contributed by atoms with Gasteiger partial charge >= 0.3 is 6.09 Å². The van der Waals surface area contributed by atoms with Gasteiger partial charge in [-0.25, -0.2) is 14.8 Å². The Bertz CT molecular complexity index is 804. The number of ether oxygens (including phenoxy) is 2. The van der Waals surface area contributed by atoms with Crippen LogP contribution in [0.1, 0.15) is 24.7 Å². The lowest BCUT2D eigenvalue weighted by atomic mass is 10.1. The monoisotopic (exact) mass is 371 g/mol. The minimum Gasteiger partial charge on any atom is -0.481 e. The van der Waals surface area contributed by atoms with Crippen LogP contribution < -0.4 is 4.74 Å². The number of H-pyrrole nitrogens is 1. The molecule has 27 heavy (non-hydrogen) atoms. The summed E-state index contributed by atoms with van der Waals surface area (Å²) in [5.74, 6) is 1.44. The van der Waals surface area contributed by atoms with E-state index in [1.807, 2.05) is 24.0 Å². The van der Waals surface area contributed by atoms with Gasteiger partial charge in [-0.1, -0.05) is 0 Å². The summed E-state index contributed by atoms with van der Waals surface area (Å²) in [5.41, 5.74) is 3.23. The molecule has 1 amide bonds. The van der Waals surface area contributed by atoms with Gasteiger partial charge in [0, 0.05) is 56.5 Å². The Morgan fingerprint density at radius 3 is 3.00 bits per heavy atom. The van der Waals surface area contributed by atoms with Crippen molar-refractivity contribution in [1.82, 2.24) is 24.8 Å². The van der Waals surface area contributed by atoms with Crippen LogP contribution in [0.25, 0.3) is 11.4 Å². The molecule has 1 atom stereocenters. The Kier molecular flexibility index (Phi) is 4.98. The van der Waals surface area contributed by atoms with Gasteiger partial charge in [0.15, 0.2) is 0 Å². The van der Waals surface area contributed by atoms with Crippen molar-refractivity contribution < 1.29 is 14.3 Å². The average molecular weight is 371 g/mol. The van der Waals surface area contributed by atoms with Crippen molar-refractivity contribution >= 4 is 6.09 Å². The number of nitrogens with one attached hydrogen (secondary N) is 1. The Hall–Kier alpha value is -2.61. The molecule has 144 valence electrons. The number of aromatic nitrogens is 3. The molecule has 2 aliphatic heterocycles. The van der Waals surface area contributed by atoms with Gasteiger partial charge in [-0.3, -0.25) is 4.90 Å².